The quantitative estimate of drug-likeness (QED) is 0.451. The van der Waals surface area contributed by atoms with E-state index in [4.69, 9.17) is 4.74 Å². The number of ether oxygens (including phenoxy) is 1. The van der Waals surface area contributed by atoms with E-state index in [-0.39, 0.29) is 12.4 Å². The fourth-order valence-corrected chi connectivity index (χ4v) is 3.42. The number of benzene rings is 3. The first-order valence-corrected chi connectivity index (χ1v) is 8.89. The molecular formula is C21H16FNOS. The van der Waals surface area contributed by atoms with E-state index in [0.717, 1.165) is 27.8 Å². The molecule has 1 heterocycles. The van der Waals surface area contributed by atoms with Crippen molar-refractivity contribution >= 4 is 22.1 Å². The summed E-state index contributed by atoms with van der Waals surface area (Å²) in [5, 5.41) is 2.21. The molecule has 0 unspecified atom stereocenters. The minimum atomic E-state index is -0.244. The van der Waals surface area contributed by atoms with Gasteiger partial charge in [-0.1, -0.05) is 36.4 Å². The minimum absolute atomic E-state index is 0.217. The normalized spacial score (nSPS) is 11.0. The van der Waals surface area contributed by atoms with Crippen molar-refractivity contribution in [2.24, 2.45) is 0 Å². The smallest absolute Gasteiger partial charge is 0.129 e. The average molecular weight is 349 g/mol. The topological polar surface area (TPSA) is 22.1 Å². The first-order chi connectivity index (χ1) is 12.2. The lowest BCUT2D eigenvalue weighted by molar-refractivity contribution is 0.300. The summed E-state index contributed by atoms with van der Waals surface area (Å²) in [6.07, 6.45) is 0. The summed E-state index contributed by atoms with van der Waals surface area (Å²) in [5.41, 5.74) is 4.57. The number of aryl methyl sites for hydroxylation is 1. The lowest BCUT2D eigenvalue weighted by atomic mass is 10.0. The molecule has 0 aliphatic rings. The summed E-state index contributed by atoms with van der Waals surface area (Å²) in [6.45, 7) is 2.30. The summed E-state index contributed by atoms with van der Waals surface area (Å²) in [7, 11) is 0. The Balaban J connectivity index is 1.58. The van der Waals surface area contributed by atoms with E-state index in [1.165, 1.54) is 10.9 Å². The van der Waals surface area contributed by atoms with Gasteiger partial charge in [0.1, 0.15) is 18.2 Å². The second kappa shape index (κ2) is 6.65. The van der Waals surface area contributed by atoms with Crippen LogP contribution in [-0.2, 0) is 6.61 Å². The highest BCUT2D eigenvalue weighted by atomic mass is 32.1. The van der Waals surface area contributed by atoms with E-state index in [1.54, 1.807) is 23.5 Å². The molecule has 2 nitrogen and oxygen atoms in total. The first-order valence-electron chi connectivity index (χ1n) is 8.01. The number of nitrogens with zero attached hydrogens (tertiary/aromatic N) is 1. The van der Waals surface area contributed by atoms with Crippen LogP contribution >= 0.6 is 11.3 Å². The summed E-state index contributed by atoms with van der Waals surface area (Å²) in [6, 6.07) is 18.9. The third kappa shape index (κ3) is 3.26. The van der Waals surface area contributed by atoms with Gasteiger partial charge in [0.2, 0.25) is 0 Å². The highest BCUT2D eigenvalue weighted by molar-refractivity contribution is 7.10. The van der Waals surface area contributed by atoms with Crippen LogP contribution in [0.4, 0.5) is 4.39 Å². The number of hydrogen-bond acceptors (Lipinski definition) is 3. The summed E-state index contributed by atoms with van der Waals surface area (Å²) < 4.78 is 19.4. The zero-order valence-corrected chi connectivity index (χ0v) is 14.5. The van der Waals surface area contributed by atoms with Crippen LogP contribution in [0.2, 0.25) is 0 Å². The molecule has 1 aromatic heterocycles. The molecule has 0 aliphatic carbocycles. The van der Waals surface area contributed by atoms with E-state index in [1.807, 2.05) is 29.8 Å². The Hall–Kier alpha value is -2.72. The number of halogens is 1. The van der Waals surface area contributed by atoms with Gasteiger partial charge in [0.05, 0.1) is 11.2 Å². The maximum absolute atomic E-state index is 13.7. The molecule has 124 valence electrons. The van der Waals surface area contributed by atoms with Crippen molar-refractivity contribution in [3.8, 4) is 17.0 Å². The lowest BCUT2D eigenvalue weighted by Crippen LogP contribution is -1.98. The molecule has 0 saturated carbocycles. The Morgan fingerprint density at radius 2 is 1.80 bits per heavy atom. The van der Waals surface area contributed by atoms with Crippen LogP contribution in [-0.4, -0.2) is 4.98 Å². The van der Waals surface area contributed by atoms with Crippen molar-refractivity contribution in [1.82, 2.24) is 4.98 Å². The molecule has 0 bridgehead atoms. The number of aromatic nitrogens is 1. The second-order valence-corrected chi connectivity index (χ2v) is 6.92. The second-order valence-electron chi connectivity index (χ2n) is 5.86. The highest BCUT2D eigenvalue weighted by Crippen LogP contribution is 2.29. The number of rotatable bonds is 4. The standard InChI is InChI=1S/C21H16FNOS/c1-14-21(23-13-25-14)17-7-6-16-11-19(9-8-15(16)10-17)24-12-18-4-2-3-5-20(18)22/h2-11,13H,12H2,1H3. The van der Waals surface area contributed by atoms with Gasteiger partial charge in [-0.05, 0) is 42.0 Å². The fourth-order valence-electron chi connectivity index (χ4n) is 2.82. The Labute approximate surface area is 149 Å². The SMILES string of the molecule is Cc1scnc1-c1ccc2cc(OCc3ccccc3F)ccc2c1. The van der Waals surface area contributed by atoms with E-state index in [2.05, 4.69) is 30.1 Å². The van der Waals surface area contributed by atoms with Crippen molar-refractivity contribution in [2.45, 2.75) is 13.5 Å². The predicted octanol–water partition coefficient (Wildman–Crippen LogP) is 5.99. The summed E-state index contributed by atoms with van der Waals surface area (Å²) in [4.78, 5) is 5.65. The average Bonchev–Trinajstić information content (AvgIpc) is 3.06. The maximum atomic E-state index is 13.7. The van der Waals surface area contributed by atoms with Crippen molar-refractivity contribution in [2.75, 3.05) is 0 Å². The zero-order chi connectivity index (χ0) is 17.2. The van der Waals surface area contributed by atoms with Crippen molar-refractivity contribution in [3.05, 3.63) is 82.4 Å². The molecule has 0 amide bonds. The van der Waals surface area contributed by atoms with Crippen molar-refractivity contribution in [3.63, 3.8) is 0 Å². The summed E-state index contributed by atoms with van der Waals surface area (Å²) >= 11 is 1.65. The van der Waals surface area contributed by atoms with Gasteiger partial charge in [-0.2, -0.15) is 0 Å². The van der Waals surface area contributed by atoms with Crippen LogP contribution in [0.3, 0.4) is 0 Å². The van der Waals surface area contributed by atoms with Gasteiger partial charge in [-0.3, -0.25) is 0 Å². The molecule has 0 N–H and O–H groups in total. The molecule has 3 aromatic carbocycles. The lowest BCUT2D eigenvalue weighted by Gasteiger charge is -2.09. The Morgan fingerprint density at radius 3 is 2.60 bits per heavy atom. The van der Waals surface area contributed by atoms with Gasteiger partial charge in [0, 0.05) is 16.0 Å². The Bertz CT molecular complexity index is 1040. The van der Waals surface area contributed by atoms with E-state index < -0.39 is 0 Å². The molecule has 0 spiro atoms. The Kier molecular flexibility index (Phi) is 4.20. The van der Waals surface area contributed by atoms with Gasteiger partial charge in [-0.25, -0.2) is 9.37 Å². The van der Waals surface area contributed by atoms with Gasteiger partial charge < -0.3 is 4.74 Å². The largest absolute Gasteiger partial charge is 0.489 e. The molecule has 0 aliphatic heterocycles. The molecule has 25 heavy (non-hydrogen) atoms. The molecule has 4 heteroatoms. The highest BCUT2D eigenvalue weighted by Gasteiger charge is 2.07. The fraction of sp³-hybridized carbons (Fsp3) is 0.0952. The van der Waals surface area contributed by atoms with Gasteiger partial charge in [0.15, 0.2) is 0 Å². The van der Waals surface area contributed by atoms with Gasteiger partial charge in [0.25, 0.3) is 0 Å². The number of hydrogen-bond donors (Lipinski definition) is 0. The van der Waals surface area contributed by atoms with Crippen LogP contribution in [0.25, 0.3) is 22.0 Å². The predicted molar refractivity (Wildman–Crippen MR) is 101 cm³/mol. The Morgan fingerprint density at radius 1 is 1.00 bits per heavy atom. The molecule has 0 atom stereocenters. The third-order valence-electron chi connectivity index (χ3n) is 4.18. The van der Waals surface area contributed by atoms with Crippen molar-refractivity contribution in [1.29, 1.82) is 0 Å². The van der Waals surface area contributed by atoms with Gasteiger partial charge >= 0.3 is 0 Å². The van der Waals surface area contributed by atoms with E-state index in [9.17, 15) is 4.39 Å². The monoisotopic (exact) mass is 349 g/mol. The van der Waals surface area contributed by atoms with Crippen molar-refractivity contribution < 1.29 is 9.13 Å². The number of fused-ring (bicyclic) bond motifs is 1. The molecule has 0 saturated heterocycles. The number of thiazole rings is 1. The first kappa shape index (κ1) is 15.8. The van der Waals surface area contributed by atoms with Crippen LogP contribution < -0.4 is 4.74 Å². The van der Waals surface area contributed by atoms with E-state index in [0.29, 0.717) is 5.56 Å². The van der Waals surface area contributed by atoms with Gasteiger partial charge in [-0.15, -0.1) is 11.3 Å². The minimum Gasteiger partial charge on any atom is -0.489 e. The third-order valence-corrected chi connectivity index (χ3v) is 4.94. The van der Waals surface area contributed by atoms with Crippen LogP contribution in [0.1, 0.15) is 10.4 Å². The van der Waals surface area contributed by atoms with Crippen LogP contribution in [0.5, 0.6) is 5.75 Å². The van der Waals surface area contributed by atoms with Crippen LogP contribution in [0, 0.1) is 12.7 Å². The molecule has 4 aromatic rings. The molecule has 0 radical (unpaired) electrons. The maximum Gasteiger partial charge on any atom is 0.129 e. The van der Waals surface area contributed by atoms with E-state index >= 15 is 0 Å². The molecule has 4 rings (SSSR count). The molecular weight excluding hydrogens is 333 g/mol. The summed E-state index contributed by atoms with van der Waals surface area (Å²) in [5.74, 6) is 0.486. The zero-order valence-electron chi connectivity index (χ0n) is 13.7. The molecule has 0 fully saturated rings. The van der Waals surface area contributed by atoms with Crippen LogP contribution in [0.15, 0.2) is 66.2 Å².